The lowest BCUT2D eigenvalue weighted by Crippen LogP contribution is -2.51. The van der Waals surface area contributed by atoms with Crippen molar-refractivity contribution >= 4 is 0 Å². The Balaban J connectivity index is 1.64. The van der Waals surface area contributed by atoms with Gasteiger partial charge in [0.05, 0.1) is 0 Å². The first-order valence-corrected chi connectivity index (χ1v) is 9.13. The molecule has 0 aliphatic heterocycles. The second kappa shape index (κ2) is 4.25. The van der Waals surface area contributed by atoms with Crippen molar-refractivity contribution in [1.82, 2.24) is 0 Å². The summed E-state index contributed by atoms with van der Waals surface area (Å²) in [6, 6.07) is 0. The fourth-order valence-corrected chi connectivity index (χ4v) is 7.29. The number of hydrogen-bond acceptors (Lipinski definition) is 0. The molecule has 4 fully saturated rings. The summed E-state index contributed by atoms with van der Waals surface area (Å²) in [5.74, 6) is 4.41. The van der Waals surface area contributed by atoms with Gasteiger partial charge in [0.15, 0.2) is 0 Å². The van der Waals surface area contributed by atoms with Crippen LogP contribution in [-0.2, 0) is 0 Å². The quantitative estimate of drug-likeness (QED) is 0.515. The van der Waals surface area contributed by atoms with Crippen LogP contribution in [0, 0.1) is 34.5 Å². The molecule has 19 heavy (non-hydrogen) atoms. The van der Waals surface area contributed by atoms with Gasteiger partial charge in [0.1, 0.15) is 0 Å². The summed E-state index contributed by atoms with van der Waals surface area (Å²) in [4.78, 5) is 0. The van der Waals surface area contributed by atoms with E-state index in [-0.39, 0.29) is 0 Å². The molecule has 0 spiro atoms. The molecule has 4 unspecified atom stereocenters. The molecule has 0 N–H and O–H groups in total. The van der Waals surface area contributed by atoms with Crippen molar-refractivity contribution in [3.63, 3.8) is 0 Å². The van der Waals surface area contributed by atoms with Crippen LogP contribution in [0.3, 0.4) is 0 Å². The Morgan fingerprint density at radius 3 is 2.47 bits per heavy atom. The fraction of sp³-hybridized carbons (Fsp3) is 1.00. The molecule has 0 radical (unpaired) electrons. The number of rotatable bonds is 0. The van der Waals surface area contributed by atoms with Crippen molar-refractivity contribution in [2.24, 2.45) is 34.5 Å². The highest BCUT2D eigenvalue weighted by Gasteiger charge is 2.56. The molecule has 0 heterocycles. The highest BCUT2D eigenvalue weighted by atomic mass is 14.6. The molecule has 0 aromatic carbocycles. The minimum atomic E-state index is 0.741. The normalized spacial score (nSPS) is 57.2. The van der Waals surface area contributed by atoms with Crippen LogP contribution in [0.2, 0.25) is 0 Å². The molecule has 0 aromatic rings. The van der Waals surface area contributed by atoms with Crippen LogP contribution >= 0.6 is 0 Å². The van der Waals surface area contributed by atoms with E-state index >= 15 is 0 Å². The molecule has 108 valence electrons. The Bertz CT molecular complexity index is 359. The van der Waals surface area contributed by atoms with Gasteiger partial charge >= 0.3 is 0 Å². The van der Waals surface area contributed by atoms with Crippen molar-refractivity contribution in [2.75, 3.05) is 0 Å². The first-order chi connectivity index (χ1) is 9.13. The van der Waals surface area contributed by atoms with E-state index < -0.39 is 0 Å². The third kappa shape index (κ3) is 1.70. The van der Waals surface area contributed by atoms with Crippen molar-refractivity contribution in [3.8, 4) is 0 Å². The highest BCUT2D eigenvalue weighted by Crippen LogP contribution is 2.66. The lowest BCUT2D eigenvalue weighted by molar-refractivity contribution is -0.103. The summed E-state index contributed by atoms with van der Waals surface area (Å²) in [5.41, 5.74) is 1.49. The van der Waals surface area contributed by atoms with E-state index in [1.54, 1.807) is 51.4 Å². The maximum atomic E-state index is 2.70. The van der Waals surface area contributed by atoms with Gasteiger partial charge in [-0.05, 0) is 85.9 Å². The third-order valence-corrected chi connectivity index (χ3v) is 8.36. The molecule has 0 heteroatoms. The zero-order chi connectivity index (χ0) is 13.1. The Kier molecular flexibility index (Phi) is 2.84. The van der Waals surface area contributed by atoms with Gasteiger partial charge in [-0.2, -0.15) is 0 Å². The summed E-state index contributed by atoms with van der Waals surface area (Å²) in [5, 5.41) is 0. The molecule has 0 aromatic heterocycles. The second-order valence-electron chi connectivity index (χ2n) is 8.99. The molecule has 4 saturated carbocycles. The van der Waals surface area contributed by atoms with Crippen LogP contribution in [0.5, 0.6) is 0 Å². The fourth-order valence-electron chi connectivity index (χ4n) is 7.29. The van der Waals surface area contributed by atoms with Crippen LogP contribution in [0.4, 0.5) is 0 Å². The maximum Gasteiger partial charge on any atom is -0.0266 e. The third-order valence-electron chi connectivity index (χ3n) is 8.36. The largest absolute Gasteiger partial charge is 0.0594 e. The summed E-state index contributed by atoms with van der Waals surface area (Å²) < 4.78 is 0. The molecule has 0 saturated heterocycles. The van der Waals surface area contributed by atoms with Gasteiger partial charge < -0.3 is 0 Å². The second-order valence-corrected chi connectivity index (χ2v) is 8.99. The Morgan fingerprint density at radius 1 is 0.684 bits per heavy atom. The minimum Gasteiger partial charge on any atom is -0.0594 e. The molecule has 6 atom stereocenters. The summed E-state index contributed by atoms with van der Waals surface area (Å²) in [7, 11) is 0. The minimum absolute atomic E-state index is 0.741. The van der Waals surface area contributed by atoms with E-state index in [0.717, 1.165) is 34.5 Å². The van der Waals surface area contributed by atoms with E-state index in [2.05, 4.69) is 13.8 Å². The number of fused-ring (bicyclic) bond motifs is 5. The predicted octanol–water partition coefficient (Wildman–Crippen LogP) is 5.81. The zero-order valence-corrected chi connectivity index (χ0v) is 13.1. The summed E-state index contributed by atoms with van der Waals surface area (Å²) >= 11 is 0. The van der Waals surface area contributed by atoms with Gasteiger partial charge in [0.2, 0.25) is 0 Å². The van der Waals surface area contributed by atoms with E-state index in [9.17, 15) is 0 Å². The molecule has 4 rings (SSSR count). The zero-order valence-electron chi connectivity index (χ0n) is 13.1. The first-order valence-electron chi connectivity index (χ1n) is 9.13. The molecule has 4 aliphatic carbocycles. The van der Waals surface area contributed by atoms with Crippen LogP contribution in [0.15, 0.2) is 0 Å². The highest BCUT2D eigenvalue weighted by molar-refractivity contribution is 5.06. The monoisotopic (exact) mass is 260 g/mol. The summed E-state index contributed by atoms with van der Waals surface area (Å²) in [6.07, 6.45) is 17.1. The van der Waals surface area contributed by atoms with Crippen LogP contribution < -0.4 is 0 Å². The van der Waals surface area contributed by atoms with Crippen molar-refractivity contribution in [1.29, 1.82) is 0 Å². The lowest BCUT2D eigenvalue weighted by atomic mass is 9.45. The SMILES string of the molecule is C[C@]12CCCC1C1CCC3CCCC[C@@]3(C)C1CC2. The molecule has 4 aliphatic rings. The Hall–Kier alpha value is 0. The Morgan fingerprint density at radius 2 is 1.58 bits per heavy atom. The Labute approximate surface area is 119 Å². The number of hydrogen-bond donors (Lipinski definition) is 0. The average Bonchev–Trinajstić information content (AvgIpc) is 2.79. The van der Waals surface area contributed by atoms with Gasteiger partial charge in [0, 0.05) is 0 Å². The van der Waals surface area contributed by atoms with Crippen LogP contribution in [-0.4, -0.2) is 0 Å². The molecule has 0 nitrogen and oxygen atoms in total. The van der Waals surface area contributed by atoms with Crippen molar-refractivity contribution < 1.29 is 0 Å². The smallest absolute Gasteiger partial charge is 0.0266 e. The van der Waals surface area contributed by atoms with Gasteiger partial charge in [-0.3, -0.25) is 0 Å². The van der Waals surface area contributed by atoms with Crippen LogP contribution in [0.1, 0.15) is 84.5 Å². The standard InChI is InChI=1S/C19H32/c1-18-11-5-7-16(18)15-9-8-14-6-3-4-12-19(14,2)17(15)10-13-18/h14-17H,3-13H2,1-2H3/t14?,15?,16?,17?,18-,19-/m1/s1. The predicted molar refractivity (Wildman–Crippen MR) is 81.0 cm³/mol. The van der Waals surface area contributed by atoms with Crippen LogP contribution in [0.25, 0.3) is 0 Å². The van der Waals surface area contributed by atoms with Gasteiger partial charge in [-0.15, -0.1) is 0 Å². The van der Waals surface area contributed by atoms with Gasteiger partial charge in [0.25, 0.3) is 0 Å². The van der Waals surface area contributed by atoms with Crippen molar-refractivity contribution in [2.45, 2.75) is 84.5 Å². The molecule has 0 bridgehead atoms. The van der Waals surface area contributed by atoms with E-state index in [0.29, 0.717) is 0 Å². The van der Waals surface area contributed by atoms with E-state index in [4.69, 9.17) is 0 Å². The van der Waals surface area contributed by atoms with E-state index in [1.807, 2.05) is 0 Å². The van der Waals surface area contributed by atoms with Gasteiger partial charge in [-0.1, -0.05) is 33.1 Å². The van der Waals surface area contributed by atoms with E-state index in [1.165, 1.54) is 19.3 Å². The summed E-state index contributed by atoms with van der Waals surface area (Å²) in [6.45, 7) is 5.33. The first kappa shape index (κ1) is 12.7. The molecular formula is C19H32. The lowest BCUT2D eigenvalue weighted by Gasteiger charge is -2.60. The topological polar surface area (TPSA) is 0 Å². The van der Waals surface area contributed by atoms with Gasteiger partial charge in [-0.25, -0.2) is 0 Å². The average molecular weight is 260 g/mol. The molecule has 0 amide bonds. The van der Waals surface area contributed by atoms with Crippen molar-refractivity contribution in [3.05, 3.63) is 0 Å². The maximum absolute atomic E-state index is 2.70. The molecular weight excluding hydrogens is 228 g/mol.